The number of benzene rings is 1. The third-order valence-corrected chi connectivity index (χ3v) is 4.86. The molecule has 0 aliphatic rings. The van der Waals surface area contributed by atoms with Crippen molar-refractivity contribution in [3.63, 3.8) is 0 Å². The lowest BCUT2D eigenvalue weighted by Crippen LogP contribution is -2.30. The first-order valence-corrected chi connectivity index (χ1v) is 8.00. The van der Waals surface area contributed by atoms with Gasteiger partial charge in [-0.25, -0.2) is 8.42 Å². The summed E-state index contributed by atoms with van der Waals surface area (Å²) in [7, 11) is -1.96. The first kappa shape index (κ1) is 15.0. The number of nitriles is 1. The summed E-state index contributed by atoms with van der Waals surface area (Å²) in [5, 5.41) is 8.87. The molecule has 0 bridgehead atoms. The Morgan fingerprint density at radius 3 is 2.71 bits per heavy atom. The molecule has 0 fully saturated rings. The van der Waals surface area contributed by atoms with E-state index < -0.39 is 10.0 Å². The van der Waals surface area contributed by atoms with E-state index in [0.717, 1.165) is 5.69 Å². The molecule has 0 saturated carbocycles. The Balaban J connectivity index is 2.13. The van der Waals surface area contributed by atoms with E-state index in [0.29, 0.717) is 17.7 Å². The summed E-state index contributed by atoms with van der Waals surface area (Å²) in [6, 6.07) is 13.9. The Kier molecular flexibility index (Phi) is 4.55. The summed E-state index contributed by atoms with van der Waals surface area (Å²) < 4.78 is 25.8. The highest BCUT2D eigenvalue weighted by Gasteiger charge is 2.18. The van der Waals surface area contributed by atoms with E-state index in [4.69, 9.17) is 5.26 Å². The Hall–Kier alpha value is -2.39. The van der Waals surface area contributed by atoms with Gasteiger partial charge in [-0.05, 0) is 30.3 Å². The van der Waals surface area contributed by atoms with Crippen LogP contribution in [-0.4, -0.2) is 26.2 Å². The van der Waals surface area contributed by atoms with Gasteiger partial charge >= 0.3 is 0 Å². The molecule has 108 valence electrons. The van der Waals surface area contributed by atoms with Crippen molar-refractivity contribution in [3.8, 4) is 6.07 Å². The van der Waals surface area contributed by atoms with Crippen LogP contribution in [-0.2, 0) is 16.4 Å². The number of pyridine rings is 1. The number of sulfonamides is 1. The molecule has 2 rings (SSSR count). The number of nitrogens with zero attached hydrogens (tertiary/aromatic N) is 3. The molecular weight excluding hydrogens is 286 g/mol. The van der Waals surface area contributed by atoms with Crippen LogP contribution >= 0.6 is 0 Å². The van der Waals surface area contributed by atoms with Crippen molar-refractivity contribution in [2.45, 2.75) is 6.42 Å². The second-order valence-corrected chi connectivity index (χ2v) is 6.64. The lowest BCUT2D eigenvalue weighted by molar-refractivity contribution is 0.593. The largest absolute Gasteiger partial charge is 0.273 e. The molecule has 2 aromatic rings. The van der Waals surface area contributed by atoms with Gasteiger partial charge in [0, 0.05) is 25.4 Å². The summed E-state index contributed by atoms with van der Waals surface area (Å²) in [5.41, 5.74) is 1.65. The predicted molar refractivity (Wildman–Crippen MR) is 81.3 cm³/mol. The zero-order valence-corrected chi connectivity index (χ0v) is 12.4. The topological polar surface area (TPSA) is 74.1 Å². The van der Waals surface area contributed by atoms with E-state index in [-0.39, 0.29) is 5.75 Å². The van der Waals surface area contributed by atoms with Crippen LogP contribution in [0.2, 0.25) is 0 Å². The number of anilines is 1. The van der Waals surface area contributed by atoms with Gasteiger partial charge in [0.25, 0.3) is 0 Å². The maximum Gasteiger partial charge on any atom is 0.235 e. The van der Waals surface area contributed by atoms with Crippen molar-refractivity contribution in [1.82, 2.24) is 4.98 Å². The number of aryl methyl sites for hydroxylation is 1. The van der Waals surface area contributed by atoms with Gasteiger partial charge in [0.1, 0.15) is 0 Å². The van der Waals surface area contributed by atoms with Crippen LogP contribution in [0.5, 0.6) is 0 Å². The average molecular weight is 301 g/mol. The van der Waals surface area contributed by atoms with Crippen molar-refractivity contribution in [2.75, 3.05) is 17.1 Å². The standard InChI is InChI=1S/C15H15N3O2S/c1-18(15-7-4-5-13(11-15)12-16)21(19,20)10-8-14-6-2-3-9-17-14/h2-7,9,11H,8,10H2,1H3. The zero-order chi connectivity index (χ0) is 15.3. The SMILES string of the molecule is CN(c1cccc(C#N)c1)S(=O)(=O)CCc1ccccn1. The maximum atomic E-state index is 12.3. The van der Waals surface area contributed by atoms with Gasteiger partial charge in [-0.2, -0.15) is 5.26 Å². The van der Waals surface area contributed by atoms with Gasteiger partial charge in [-0.1, -0.05) is 12.1 Å². The number of hydrogen-bond acceptors (Lipinski definition) is 4. The minimum atomic E-state index is -3.45. The van der Waals surface area contributed by atoms with Crippen LogP contribution in [0.1, 0.15) is 11.3 Å². The second kappa shape index (κ2) is 6.37. The molecule has 0 atom stereocenters. The van der Waals surface area contributed by atoms with Crippen LogP contribution in [0, 0.1) is 11.3 Å². The van der Waals surface area contributed by atoms with E-state index in [1.165, 1.54) is 11.4 Å². The van der Waals surface area contributed by atoms with E-state index in [1.807, 2.05) is 12.1 Å². The molecule has 1 heterocycles. The molecular formula is C15H15N3O2S. The van der Waals surface area contributed by atoms with Gasteiger partial charge in [0.05, 0.1) is 23.1 Å². The summed E-state index contributed by atoms with van der Waals surface area (Å²) >= 11 is 0. The third-order valence-electron chi connectivity index (χ3n) is 3.10. The van der Waals surface area contributed by atoms with Crippen LogP contribution in [0.3, 0.4) is 0 Å². The van der Waals surface area contributed by atoms with Crippen LogP contribution in [0.15, 0.2) is 48.7 Å². The van der Waals surface area contributed by atoms with Gasteiger partial charge < -0.3 is 0 Å². The Labute approximate surface area is 124 Å². The fourth-order valence-electron chi connectivity index (χ4n) is 1.85. The lowest BCUT2D eigenvalue weighted by atomic mass is 10.2. The van der Waals surface area contributed by atoms with Crippen molar-refractivity contribution in [1.29, 1.82) is 5.26 Å². The molecule has 6 heteroatoms. The highest BCUT2D eigenvalue weighted by atomic mass is 32.2. The molecule has 0 aliphatic heterocycles. The minimum Gasteiger partial charge on any atom is -0.273 e. The van der Waals surface area contributed by atoms with Gasteiger partial charge in [-0.3, -0.25) is 9.29 Å². The molecule has 0 amide bonds. The quantitative estimate of drug-likeness (QED) is 0.846. The zero-order valence-electron chi connectivity index (χ0n) is 11.6. The van der Waals surface area contributed by atoms with Gasteiger partial charge in [0.15, 0.2) is 0 Å². The normalized spacial score (nSPS) is 10.9. The number of rotatable bonds is 5. The molecule has 1 aromatic carbocycles. The molecule has 0 radical (unpaired) electrons. The first-order chi connectivity index (χ1) is 10.0. The van der Waals surface area contributed by atoms with Crippen LogP contribution < -0.4 is 4.31 Å². The molecule has 1 aromatic heterocycles. The average Bonchev–Trinajstić information content (AvgIpc) is 2.53. The molecule has 0 N–H and O–H groups in total. The summed E-state index contributed by atoms with van der Waals surface area (Å²) in [6.45, 7) is 0. The van der Waals surface area contributed by atoms with Crippen molar-refractivity contribution < 1.29 is 8.42 Å². The molecule has 0 aliphatic carbocycles. The van der Waals surface area contributed by atoms with Crippen molar-refractivity contribution >= 4 is 15.7 Å². The Bertz CT molecular complexity index is 752. The third kappa shape index (κ3) is 3.80. The smallest absolute Gasteiger partial charge is 0.235 e. The summed E-state index contributed by atoms with van der Waals surface area (Å²) in [4.78, 5) is 4.12. The summed E-state index contributed by atoms with van der Waals surface area (Å²) in [6.07, 6.45) is 1.99. The highest BCUT2D eigenvalue weighted by molar-refractivity contribution is 7.92. The minimum absolute atomic E-state index is 0.0305. The fraction of sp³-hybridized carbons (Fsp3) is 0.200. The fourth-order valence-corrected chi connectivity index (χ4v) is 3.02. The number of aromatic nitrogens is 1. The van der Waals surface area contributed by atoms with Crippen LogP contribution in [0.4, 0.5) is 5.69 Å². The Morgan fingerprint density at radius 1 is 1.24 bits per heavy atom. The van der Waals surface area contributed by atoms with Crippen LogP contribution in [0.25, 0.3) is 0 Å². The molecule has 0 unspecified atom stereocenters. The van der Waals surface area contributed by atoms with E-state index >= 15 is 0 Å². The second-order valence-electron chi connectivity index (χ2n) is 4.52. The van der Waals surface area contributed by atoms with Crippen molar-refractivity contribution in [3.05, 3.63) is 59.9 Å². The number of hydrogen-bond donors (Lipinski definition) is 0. The molecule has 0 spiro atoms. The van der Waals surface area contributed by atoms with Crippen molar-refractivity contribution in [2.24, 2.45) is 0 Å². The first-order valence-electron chi connectivity index (χ1n) is 6.39. The Morgan fingerprint density at radius 2 is 2.05 bits per heavy atom. The van der Waals surface area contributed by atoms with E-state index in [9.17, 15) is 8.42 Å². The van der Waals surface area contributed by atoms with Gasteiger partial charge in [0.2, 0.25) is 10.0 Å². The monoisotopic (exact) mass is 301 g/mol. The molecule has 5 nitrogen and oxygen atoms in total. The predicted octanol–water partition coefficient (Wildman–Crippen LogP) is 1.96. The molecule has 21 heavy (non-hydrogen) atoms. The summed E-state index contributed by atoms with van der Waals surface area (Å²) in [5.74, 6) is -0.0305. The van der Waals surface area contributed by atoms with E-state index in [1.54, 1.807) is 42.6 Å². The van der Waals surface area contributed by atoms with E-state index in [2.05, 4.69) is 4.98 Å². The lowest BCUT2D eigenvalue weighted by Gasteiger charge is -2.19. The van der Waals surface area contributed by atoms with Gasteiger partial charge in [-0.15, -0.1) is 0 Å². The molecule has 0 saturated heterocycles. The highest BCUT2D eigenvalue weighted by Crippen LogP contribution is 2.18. The maximum absolute atomic E-state index is 12.3.